The Morgan fingerprint density at radius 3 is 2.13 bits per heavy atom. The molecule has 4 rings (SSSR count). The molecule has 0 bridgehead atoms. The highest BCUT2D eigenvalue weighted by atomic mass is 32.1. The number of aliphatic hydroxyl groups is 1. The largest absolute Gasteiger partial charge is 0.463 e. The number of ether oxygens (including phenoxy) is 7. The van der Waals surface area contributed by atoms with Crippen LogP contribution in [-0.2, 0) is 58.9 Å². The Hall–Kier alpha value is -4.25. The molecule has 2 aliphatic heterocycles. The van der Waals surface area contributed by atoms with Gasteiger partial charge in [-0.1, -0.05) is 54.7 Å². The van der Waals surface area contributed by atoms with Crippen LogP contribution >= 0.6 is 12.2 Å². The molecule has 2 aliphatic rings. The Balaban J connectivity index is 1.56. The maximum absolute atomic E-state index is 12.3. The summed E-state index contributed by atoms with van der Waals surface area (Å²) in [5.74, 6) is -2.74. The van der Waals surface area contributed by atoms with E-state index in [4.69, 9.17) is 45.4 Å². The lowest BCUT2D eigenvalue weighted by atomic mass is 9.92. The second-order valence-electron chi connectivity index (χ2n) is 13.0. The van der Waals surface area contributed by atoms with E-state index in [1.807, 2.05) is 61.7 Å². The average Bonchev–Trinajstić information content (AvgIpc) is 3.09. The van der Waals surface area contributed by atoms with Gasteiger partial charge in [0.2, 0.25) is 0 Å². The van der Waals surface area contributed by atoms with Crippen molar-refractivity contribution in [3.8, 4) is 0 Å². The van der Waals surface area contributed by atoms with E-state index in [-0.39, 0.29) is 36.8 Å². The molecule has 8 atom stereocenters. The van der Waals surface area contributed by atoms with Crippen LogP contribution in [0.15, 0.2) is 61.2 Å². The number of carbonyl (C=O) groups is 4. The minimum atomic E-state index is -1.29. The van der Waals surface area contributed by atoms with Crippen LogP contribution in [0.4, 0.5) is 5.69 Å². The molecule has 0 spiro atoms. The van der Waals surface area contributed by atoms with Crippen LogP contribution < -0.4 is 5.32 Å². The number of esters is 4. The molecule has 14 nitrogen and oxygen atoms in total. The lowest BCUT2D eigenvalue weighted by Crippen LogP contribution is -2.62. The van der Waals surface area contributed by atoms with Crippen molar-refractivity contribution in [1.29, 1.82) is 0 Å². The summed E-state index contributed by atoms with van der Waals surface area (Å²) >= 11 is 5.74. The van der Waals surface area contributed by atoms with Crippen molar-refractivity contribution in [2.45, 2.75) is 96.2 Å². The van der Waals surface area contributed by atoms with Gasteiger partial charge in [0, 0.05) is 64.9 Å². The van der Waals surface area contributed by atoms with E-state index in [0.717, 1.165) is 30.5 Å². The SMILES string of the molecule is C=CCN(C)C[C@@H]1C[C@H](c2ccc(CO)cc2)OC(c2cccc(NC(=S)C[C@@H]3O[C@H](COC(C)=O)[C@@H](OC(C)=O)[C@H](OC(C)=O)[C@H]3OC(C)=O)c2)O1. The fraction of sp³-hybridized carbons (Fsp3) is 0.500. The number of likely N-dealkylation sites (N-methyl/N-ethyl adjacent to an activating group) is 1. The molecule has 0 saturated carbocycles. The van der Waals surface area contributed by atoms with Gasteiger partial charge in [0.1, 0.15) is 18.8 Å². The Labute approximate surface area is 314 Å². The minimum absolute atomic E-state index is 0.0291. The maximum Gasteiger partial charge on any atom is 0.303 e. The van der Waals surface area contributed by atoms with E-state index in [9.17, 15) is 24.3 Å². The zero-order valence-corrected chi connectivity index (χ0v) is 31.4. The van der Waals surface area contributed by atoms with Gasteiger partial charge >= 0.3 is 23.9 Å². The van der Waals surface area contributed by atoms with Gasteiger partial charge in [-0.3, -0.25) is 19.2 Å². The van der Waals surface area contributed by atoms with Crippen molar-refractivity contribution in [2.75, 3.05) is 32.1 Å². The van der Waals surface area contributed by atoms with E-state index in [1.54, 1.807) is 0 Å². The van der Waals surface area contributed by atoms with Gasteiger partial charge in [-0.05, 0) is 30.3 Å². The van der Waals surface area contributed by atoms with E-state index >= 15 is 0 Å². The predicted molar refractivity (Wildman–Crippen MR) is 195 cm³/mol. The number of nitrogens with zero attached hydrogens (tertiary/aromatic N) is 1. The third kappa shape index (κ3) is 12.4. The second-order valence-corrected chi connectivity index (χ2v) is 13.5. The summed E-state index contributed by atoms with van der Waals surface area (Å²) < 4.78 is 40.9. The Kier molecular flexibility index (Phi) is 15.4. The molecule has 2 aromatic carbocycles. The first-order valence-corrected chi connectivity index (χ1v) is 17.7. The molecule has 0 aromatic heterocycles. The van der Waals surface area contributed by atoms with Gasteiger partial charge < -0.3 is 48.5 Å². The predicted octanol–water partition coefficient (Wildman–Crippen LogP) is 4.10. The summed E-state index contributed by atoms with van der Waals surface area (Å²) in [6, 6.07) is 15.0. The maximum atomic E-state index is 12.3. The second kappa shape index (κ2) is 19.7. The Bertz CT molecular complexity index is 1600. The number of thiocarbonyl (C=S) groups is 1. The molecule has 53 heavy (non-hydrogen) atoms. The van der Waals surface area contributed by atoms with Crippen molar-refractivity contribution >= 4 is 46.8 Å². The molecule has 2 heterocycles. The standard InChI is InChI=1S/C38H48N2O12S/c1-7-15-40(6)19-30-17-31(27-13-11-26(20-41)12-14-27)52-38(50-30)28-9-8-10-29(16-28)39-34(53)18-32-35(47-23(3)43)37(49-25(5)45)36(48-24(4)44)33(51-32)21-46-22(2)42/h7-14,16,30-33,35-38,41H,1,15,17-21H2,2-6H3,(H,39,53)/t30-,31+,32-,33+,35-,36+,37+,38?/m0/s1. The van der Waals surface area contributed by atoms with Gasteiger partial charge in [-0.2, -0.15) is 0 Å². The van der Waals surface area contributed by atoms with Gasteiger partial charge in [-0.25, -0.2) is 0 Å². The lowest BCUT2D eigenvalue weighted by molar-refractivity contribution is -0.252. The number of aliphatic hydroxyl groups excluding tert-OH is 1. The van der Waals surface area contributed by atoms with Crippen LogP contribution in [-0.4, -0.2) is 102 Å². The summed E-state index contributed by atoms with van der Waals surface area (Å²) in [5, 5.41) is 12.7. The van der Waals surface area contributed by atoms with Crippen molar-refractivity contribution in [1.82, 2.24) is 4.90 Å². The monoisotopic (exact) mass is 756 g/mol. The molecule has 2 fully saturated rings. The minimum Gasteiger partial charge on any atom is -0.463 e. The fourth-order valence-electron chi connectivity index (χ4n) is 6.32. The molecular formula is C38H48N2O12S. The first-order valence-electron chi connectivity index (χ1n) is 17.3. The third-order valence-corrected chi connectivity index (χ3v) is 8.76. The zero-order chi connectivity index (χ0) is 38.7. The molecule has 2 N–H and O–H groups in total. The highest BCUT2D eigenvalue weighted by Crippen LogP contribution is 2.39. The highest BCUT2D eigenvalue weighted by Gasteiger charge is 2.52. The molecule has 0 amide bonds. The topological polar surface area (TPSA) is 168 Å². The first kappa shape index (κ1) is 41.5. The van der Waals surface area contributed by atoms with Crippen LogP contribution in [0, 0.1) is 0 Å². The summed E-state index contributed by atoms with van der Waals surface area (Å²) in [6.07, 6.45) is -4.61. The van der Waals surface area contributed by atoms with E-state index in [1.165, 1.54) is 13.8 Å². The van der Waals surface area contributed by atoms with E-state index in [0.29, 0.717) is 25.2 Å². The molecule has 1 unspecified atom stereocenters. The third-order valence-electron chi connectivity index (χ3n) is 8.49. The number of hydrogen-bond donors (Lipinski definition) is 2. The molecular weight excluding hydrogens is 708 g/mol. The lowest BCUT2D eigenvalue weighted by Gasteiger charge is -2.44. The van der Waals surface area contributed by atoms with Crippen LogP contribution in [0.1, 0.15) is 69.6 Å². The van der Waals surface area contributed by atoms with Crippen LogP contribution in [0.3, 0.4) is 0 Å². The van der Waals surface area contributed by atoms with Crippen LogP contribution in [0.5, 0.6) is 0 Å². The molecule has 15 heteroatoms. The zero-order valence-electron chi connectivity index (χ0n) is 30.6. The smallest absolute Gasteiger partial charge is 0.303 e. The number of rotatable bonds is 15. The van der Waals surface area contributed by atoms with Gasteiger partial charge in [0.15, 0.2) is 24.6 Å². The summed E-state index contributed by atoms with van der Waals surface area (Å²) in [5.41, 5.74) is 3.11. The van der Waals surface area contributed by atoms with Crippen molar-refractivity contribution < 1.29 is 57.4 Å². The molecule has 0 radical (unpaired) electrons. The molecule has 288 valence electrons. The number of nitrogens with one attached hydrogen (secondary N) is 1. The van der Waals surface area contributed by atoms with E-state index < -0.39 is 60.7 Å². The number of carbonyl (C=O) groups excluding carboxylic acids is 4. The number of anilines is 1. The first-order chi connectivity index (χ1) is 25.3. The number of hydrogen-bond acceptors (Lipinski definition) is 14. The number of benzene rings is 2. The summed E-state index contributed by atoms with van der Waals surface area (Å²) in [6.45, 7) is 9.50. The van der Waals surface area contributed by atoms with Crippen molar-refractivity contribution in [3.05, 3.63) is 77.9 Å². The quantitative estimate of drug-likeness (QED) is 0.115. The molecule has 2 aromatic rings. The van der Waals surface area contributed by atoms with Crippen LogP contribution in [0.2, 0.25) is 0 Å². The van der Waals surface area contributed by atoms with Gasteiger partial charge in [0.25, 0.3) is 0 Å². The van der Waals surface area contributed by atoms with Crippen molar-refractivity contribution in [3.63, 3.8) is 0 Å². The van der Waals surface area contributed by atoms with Gasteiger partial charge in [-0.15, -0.1) is 6.58 Å². The van der Waals surface area contributed by atoms with Gasteiger partial charge in [0.05, 0.1) is 23.8 Å². The normalized spacial score (nSPS) is 25.5. The Morgan fingerprint density at radius 2 is 1.53 bits per heavy atom. The Morgan fingerprint density at radius 1 is 0.887 bits per heavy atom. The van der Waals surface area contributed by atoms with Crippen molar-refractivity contribution in [2.24, 2.45) is 0 Å². The molecule has 0 aliphatic carbocycles. The highest BCUT2D eigenvalue weighted by molar-refractivity contribution is 7.80. The van der Waals surface area contributed by atoms with Crippen LogP contribution in [0.25, 0.3) is 0 Å². The summed E-state index contributed by atoms with van der Waals surface area (Å²) in [4.78, 5) is 50.6. The summed E-state index contributed by atoms with van der Waals surface area (Å²) in [7, 11) is 2.00. The fourth-order valence-corrected chi connectivity index (χ4v) is 6.60. The average molecular weight is 757 g/mol. The van der Waals surface area contributed by atoms with E-state index in [2.05, 4.69) is 16.8 Å². The molecule has 2 saturated heterocycles.